The Morgan fingerprint density at radius 1 is 1.29 bits per heavy atom. The smallest absolute Gasteiger partial charge is 0.222 e. The molecule has 1 aliphatic rings. The summed E-state index contributed by atoms with van der Waals surface area (Å²) in [6.45, 7) is 5.45. The number of nitrogens with zero attached hydrogens (tertiary/aromatic N) is 1. The summed E-state index contributed by atoms with van der Waals surface area (Å²) in [5.74, 6) is 2.13. The summed E-state index contributed by atoms with van der Waals surface area (Å²) in [5, 5.41) is 3.39. The fourth-order valence-electron chi connectivity index (χ4n) is 2.97. The maximum Gasteiger partial charge on any atom is 0.222 e. The molecule has 1 aliphatic heterocycles. The first-order valence-electron chi connectivity index (χ1n) is 8.47. The predicted molar refractivity (Wildman–Crippen MR) is 98.7 cm³/mol. The standard InChI is InChI=1S/C19H23BrN2O2/c1-14-12-15(5-7-17(14)20)18-8-6-16(24-18)13-21-9-3-11-22-10-2-4-19(22)23/h5-8,12,21H,2-4,9-11,13H2,1H3. The van der Waals surface area contributed by atoms with Crippen LogP contribution in [-0.2, 0) is 11.3 Å². The highest BCUT2D eigenvalue weighted by Gasteiger charge is 2.18. The molecule has 128 valence electrons. The van der Waals surface area contributed by atoms with E-state index in [1.165, 1.54) is 5.56 Å². The third kappa shape index (κ3) is 4.28. The Balaban J connectivity index is 1.44. The van der Waals surface area contributed by atoms with Crippen LogP contribution in [0.25, 0.3) is 11.3 Å². The predicted octanol–water partition coefficient (Wildman–Crippen LogP) is 4.12. The highest BCUT2D eigenvalue weighted by molar-refractivity contribution is 9.10. The molecule has 1 aromatic heterocycles. The number of amides is 1. The summed E-state index contributed by atoms with van der Waals surface area (Å²) >= 11 is 3.52. The number of likely N-dealkylation sites (tertiary alicyclic amines) is 1. The van der Waals surface area contributed by atoms with Crippen molar-refractivity contribution in [1.29, 1.82) is 0 Å². The maximum atomic E-state index is 11.5. The number of nitrogens with one attached hydrogen (secondary N) is 1. The largest absolute Gasteiger partial charge is 0.460 e. The van der Waals surface area contributed by atoms with Crippen molar-refractivity contribution in [3.63, 3.8) is 0 Å². The van der Waals surface area contributed by atoms with E-state index in [2.05, 4.69) is 40.3 Å². The first kappa shape index (κ1) is 17.2. The van der Waals surface area contributed by atoms with Gasteiger partial charge in [-0.15, -0.1) is 0 Å². The molecule has 0 unspecified atom stereocenters. The number of rotatable bonds is 7. The van der Waals surface area contributed by atoms with Crippen molar-refractivity contribution in [3.8, 4) is 11.3 Å². The Kier molecular flexibility index (Phi) is 5.74. The van der Waals surface area contributed by atoms with Crippen molar-refractivity contribution in [3.05, 3.63) is 46.1 Å². The molecule has 0 bridgehead atoms. The lowest BCUT2D eigenvalue weighted by Crippen LogP contribution is -2.28. The van der Waals surface area contributed by atoms with E-state index in [4.69, 9.17) is 4.42 Å². The Bertz CT molecular complexity index is 711. The molecule has 0 spiro atoms. The van der Waals surface area contributed by atoms with Crippen LogP contribution >= 0.6 is 15.9 Å². The monoisotopic (exact) mass is 390 g/mol. The Morgan fingerprint density at radius 3 is 2.92 bits per heavy atom. The average molecular weight is 391 g/mol. The fourth-order valence-corrected chi connectivity index (χ4v) is 3.22. The van der Waals surface area contributed by atoms with E-state index < -0.39 is 0 Å². The van der Waals surface area contributed by atoms with Crippen molar-refractivity contribution < 1.29 is 9.21 Å². The SMILES string of the molecule is Cc1cc(-c2ccc(CNCCCN3CCCC3=O)o2)ccc1Br. The second-order valence-electron chi connectivity index (χ2n) is 6.24. The summed E-state index contributed by atoms with van der Waals surface area (Å²) in [7, 11) is 0. The third-order valence-electron chi connectivity index (χ3n) is 4.36. The lowest BCUT2D eigenvalue weighted by atomic mass is 10.1. The number of hydrogen-bond acceptors (Lipinski definition) is 3. The summed E-state index contributed by atoms with van der Waals surface area (Å²) in [6, 6.07) is 10.3. The zero-order valence-electron chi connectivity index (χ0n) is 14.0. The number of carbonyl (C=O) groups is 1. The molecule has 1 saturated heterocycles. The van der Waals surface area contributed by atoms with Crippen molar-refractivity contribution >= 4 is 21.8 Å². The fraction of sp³-hybridized carbons (Fsp3) is 0.421. The molecule has 3 rings (SSSR count). The van der Waals surface area contributed by atoms with Gasteiger partial charge in [0.2, 0.25) is 5.91 Å². The van der Waals surface area contributed by atoms with Crippen LogP contribution in [0.4, 0.5) is 0 Å². The summed E-state index contributed by atoms with van der Waals surface area (Å²) in [5.41, 5.74) is 2.29. The van der Waals surface area contributed by atoms with Crippen LogP contribution in [0.1, 0.15) is 30.6 Å². The van der Waals surface area contributed by atoms with E-state index in [-0.39, 0.29) is 0 Å². The minimum Gasteiger partial charge on any atom is -0.460 e. The zero-order valence-corrected chi connectivity index (χ0v) is 15.6. The Morgan fingerprint density at radius 2 is 2.17 bits per heavy atom. The van der Waals surface area contributed by atoms with Gasteiger partial charge in [-0.05, 0) is 56.1 Å². The molecule has 0 aliphatic carbocycles. The summed E-state index contributed by atoms with van der Waals surface area (Å²) in [6.07, 6.45) is 2.71. The zero-order chi connectivity index (χ0) is 16.9. The first-order valence-corrected chi connectivity index (χ1v) is 9.26. The second-order valence-corrected chi connectivity index (χ2v) is 7.10. The molecule has 1 fully saturated rings. The molecule has 4 nitrogen and oxygen atoms in total. The van der Waals surface area contributed by atoms with Crippen LogP contribution < -0.4 is 5.32 Å². The lowest BCUT2D eigenvalue weighted by Gasteiger charge is -2.15. The van der Waals surface area contributed by atoms with Gasteiger partial charge in [-0.25, -0.2) is 0 Å². The van der Waals surface area contributed by atoms with Crippen LogP contribution in [0.15, 0.2) is 39.2 Å². The molecule has 24 heavy (non-hydrogen) atoms. The number of furan rings is 1. The van der Waals surface area contributed by atoms with Crippen LogP contribution in [-0.4, -0.2) is 30.4 Å². The van der Waals surface area contributed by atoms with Crippen LogP contribution in [0.2, 0.25) is 0 Å². The van der Waals surface area contributed by atoms with Crippen molar-refractivity contribution in [2.45, 2.75) is 32.7 Å². The molecule has 5 heteroatoms. The van der Waals surface area contributed by atoms with Gasteiger partial charge in [-0.2, -0.15) is 0 Å². The Labute approximate surface area is 151 Å². The van der Waals surface area contributed by atoms with Gasteiger partial charge in [-0.1, -0.05) is 22.0 Å². The van der Waals surface area contributed by atoms with E-state index in [0.29, 0.717) is 12.5 Å². The highest BCUT2D eigenvalue weighted by atomic mass is 79.9. The number of benzene rings is 1. The van der Waals surface area contributed by atoms with Crippen LogP contribution in [0.5, 0.6) is 0 Å². The molecule has 2 aromatic rings. The van der Waals surface area contributed by atoms with Gasteiger partial charge in [-0.3, -0.25) is 4.79 Å². The average Bonchev–Trinajstić information content (AvgIpc) is 3.19. The van der Waals surface area contributed by atoms with Crippen LogP contribution in [0, 0.1) is 6.92 Å². The van der Waals surface area contributed by atoms with Crippen molar-refractivity contribution in [1.82, 2.24) is 10.2 Å². The van der Waals surface area contributed by atoms with Gasteiger partial charge in [0.15, 0.2) is 0 Å². The highest BCUT2D eigenvalue weighted by Crippen LogP contribution is 2.26. The van der Waals surface area contributed by atoms with Gasteiger partial charge < -0.3 is 14.6 Å². The number of halogens is 1. The molecular formula is C19H23BrN2O2. The molecule has 0 saturated carbocycles. The lowest BCUT2D eigenvalue weighted by molar-refractivity contribution is -0.127. The van der Waals surface area contributed by atoms with Gasteiger partial charge in [0, 0.05) is 29.5 Å². The molecule has 1 N–H and O–H groups in total. The molecule has 1 aromatic carbocycles. The van der Waals surface area contributed by atoms with Crippen LogP contribution in [0.3, 0.4) is 0 Å². The number of aryl methyl sites for hydroxylation is 1. The van der Waals surface area contributed by atoms with Gasteiger partial charge in [0.05, 0.1) is 6.54 Å². The quantitative estimate of drug-likeness (QED) is 0.723. The summed E-state index contributed by atoms with van der Waals surface area (Å²) < 4.78 is 7.03. The normalized spacial score (nSPS) is 14.6. The molecular weight excluding hydrogens is 368 g/mol. The van der Waals surface area contributed by atoms with E-state index in [9.17, 15) is 4.79 Å². The maximum absolute atomic E-state index is 11.5. The van der Waals surface area contributed by atoms with Gasteiger partial charge >= 0.3 is 0 Å². The van der Waals surface area contributed by atoms with Crippen molar-refractivity contribution in [2.75, 3.05) is 19.6 Å². The topological polar surface area (TPSA) is 45.5 Å². The van der Waals surface area contributed by atoms with E-state index in [1.54, 1.807) is 0 Å². The third-order valence-corrected chi connectivity index (χ3v) is 5.25. The summed E-state index contributed by atoms with van der Waals surface area (Å²) in [4.78, 5) is 13.5. The number of hydrogen-bond donors (Lipinski definition) is 1. The van der Waals surface area contributed by atoms with Gasteiger partial charge in [0.1, 0.15) is 11.5 Å². The first-order chi connectivity index (χ1) is 11.6. The van der Waals surface area contributed by atoms with Gasteiger partial charge in [0.25, 0.3) is 0 Å². The van der Waals surface area contributed by atoms with E-state index in [1.807, 2.05) is 23.1 Å². The van der Waals surface area contributed by atoms with E-state index >= 15 is 0 Å². The number of carbonyl (C=O) groups excluding carboxylic acids is 1. The van der Waals surface area contributed by atoms with Crippen molar-refractivity contribution in [2.24, 2.45) is 0 Å². The minimum atomic E-state index is 0.301. The molecule has 1 amide bonds. The second kappa shape index (κ2) is 7.99. The minimum absolute atomic E-state index is 0.301. The molecule has 0 radical (unpaired) electrons. The Hall–Kier alpha value is -1.59. The van der Waals surface area contributed by atoms with E-state index in [0.717, 1.165) is 60.5 Å². The molecule has 2 heterocycles. The molecule has 0 atom stereocenters.